The normalized spacial score (nSPS) is 23.9. The summed E-state index contributed by atoms with van der Waals surface area (Å²) in [6, 6.07) is 0. The van der Waals surface area contributed by atoms with Gasteiger partial charge in [-0.2, -0.15) is 12.6 Å². The first-order valence-corrected chi connectivity index (χ1v) is 7.60. The summed E-state index contributed by atoms with van der Waals surface area (Å²) in [5.41, 5.74) is 0. The van der Waals surface area contributed by atoms with Gasteiger partial charge in [0.2, 0.25) is 5.91 Å². The van der Waals surface area contributed by atoms with E-state index in [2.05, 4.69) is 38.3 Å². The largest absolute Gasteiger partial charge is 0.342 e. The minimum atomic E-state index is 0.355. The highest BCUT2D eigenvalue weighted by molar-refractivity contribution is 7.80. The van der Waals surface area contributed by atoms with Crippen LogP contribution >= 0.6 is 12.6 Å². The lowest BCUT2D eigenvalue weighted by molar-refractivity contribution is -0.131. The Labute approximate surface area is 112 Å². The predicted molar refractivity (Wildman–Crippen MR) is 76.4 cm³/mol. The van der Waals surface area contributed by atoms with Gasteiger partial charge in [0.25, 0.3) is 0 Å². The average molecular weight is 257 g/mol. The highest BCUT2D eigenvalue weighted by Gasteiger charge is 2.24. The molecule has 1 rings (SSSR count). The Bertz CT molecular complexity index is 242. The Hall–Kier alpha value is -0.180. The number of likely N-dealkylation sites (tertiary alicyclic amines) is 1. The molecule has 2 atom stereocenters. The molecule has 0 spiro atoms. The molecule has 1 saturated heterocycles. The van der Waals surface area contributed by atoms with E-state index in [0.29, 0.717) is 17.7 Å². The number of hydrogen-bond donors (Lipinski definition) is 1. The fraction of sp³-hybridized carbons (Fsp3) is 0.929. The molecule has 0 saturated carbocycles. The van der Waals surface area contributed by atoms with Crippen molar-refractivity contribution >= 4 is 18.5 Å². The maximum Gasteiger partial charge on any atom is 0.222 e. The second kappa shape index (κ2) is 7.30. The molecule has 17 heavy (non-hydrogen) atoms. The molecule has 1 amide bonds. The number of hydrogen-bond acceptors (Lipinski definition) is 2. The highest BCUT2D eigenvalue weighted by Crippen LogP contribution is 2.23. The van der Waals surface area contributed by atoms with Crippen molar-refractivity contribution in [3.8, 4) is 0 Å². The van der Waals surface area contributed by atoms with E-state index in [9.17, 15) is 4.79 Å². The minimum Gasteiger partial charge on any atom is -0.342 e. The van der Waals surface area contributed by atoms with E-state index in [1.165, 1.54) is 12.8 Å². The van der Waals surface area contributed by atoms with E-state index >= 15 is 0 Å². The Kier molecular flexibility index (Phi) is 6.39. The van der Waals surface area contributed by atoms with Crippen molar-refractivity contribution in [2.45, 2.75) is 46.5 Å². The number of rotatable bonds is 5. The molecule has 1 fully saturated rings. The van der Waals surface area contributed by atoms with Gasteiger partial charge in [0, 0.05) is 19.5 Å². The van der Waals surface area contributed by atoms with Gasteiger partial charge in [-0.25, -0.2) is 0 Å². The van der Waals surface area contributed by atoms with Crippen molar-refractivity contribution < 1.29 is 4.79 Å². The van der Waals surface area contributed by atoms with Crippen LogP contribution in [-0.2, 0) is 4.79 Å². The van der Waals surface area contributed by atoms with Gasteiger partial charge in [-0.05, 0) is 36.3 Å². The lowest BCUT2D eigenvalue weighted by Crippen LogP contribution is -2.37. The van der Waals surface area contributed by atoms with E-state index in [4.69, 9.17) is 0 Å². The summed E-state index contributed by atoms with van der Waals surface area (Å²) in [6.45, 7) is 8.52. The van der Waals surface area contributed by atoms with Gasteiger partial charge in [0.15, 0.2) is 0 Å². The van der Waals surface area contributed by atoms with Crippen molar-refractivity contribution in [1.82, 2.24) is 4.90 Å². The molecule has 100 valence electrons. The van der Waals surface area contributed by atoms with Gasteiger partial charge in [-0.3, -0.25) is 4.79 Å². The number of thiol groups is 1. The molecule has 1 aliphatic heterocycles. The fourth-order valence-corrected chi connectivity index (χ4v) is 2.99. The molecule has 0 bridgehead atoms. The van der Waals surface area contributed by atoms with Gasteiger partial charge < -0.3 is 4.90 Å². The zero-order chi connectivity index (χ0) is 12.8. The highest BCUT2D eigenvalue weighted by atomic mass is 32.1. The maximum absolute atomic E-state index is 12.1. The third kappa shape index (κ3) is 4.53. The van der Waals surface area contributed by atoms with Gasteiger partial charge in [-0.1, -0.05) is 27.2 Å². The third-order valence-electron chi connectivity index (χ3n) is 4.14. The smallest absolute Gasteiger partial charge is 0.222 e. The molecule has 0 radical (unpaired) electrons. The molecule has 2 unspecified atom stereocenters. The Morgan fingerprint density at radius 1 is 1.41 bits per heavy atom. The molecule has 1 aliphatic rings. The first kappa shape index (κ1) is 14.9. The van der Waals surface area contributed by atoms with E-state index in [1.807, 2.05) is 0 Å². The topological polar surface area (TPSA) is 20.3 Å². The summed E-state index contributed by atoms with van der Waals surface area (Å²) in [4.78, 5) is 14.1. The van der Waals surface area contributed by atoms with Gasteiger partial charge in [0.05, 0.1) is 0 Å². The van der Waals surface area contributed by atoms with Crippen LogP contribution in [0.25, 0.3) is 0 Å². The van der Waals surface area contributed by atoms with E-state index in [1.54, 1.807) is 0 Å². The van der Waals surface area contributed by atoms with Crippen molar-refractivity contribution in [1.29, 1.82) is 0 Å². The van der Waals surface area contributed by atoms with E-state index < -0.39 is 0 Å². The molecule has 3 heteroatoms. The second-order valence-corrected chi connectivity index (χ2v) is 5.99. The molecule has 0 aliphatic carbocycles. The predicted octanol–water partition coefficient (Wildman–Crippen LogP) is 3.23. The van der Waals surface area contributed by atoms with E-state index in [-0.39, 0.29) is 0 Å². The molecule has 0 aromatic carbocycles. The summed E-state index contributed by atoms with van der Waals surface area (Å²) in [7, 11) is 0. The van der Waals surface area contributed by atoms with Gasteiger partial charge >= 0.3 is 0 Å². The molecule has 1 heterocycles. The number of carbonyl (C=O) groups is 1. The molecule has 0 aromatic heterocycles. The van der Waals surface area contributed by atoms with Crippen LogP contribution in [0.4, 0.5) is 0 Å². The third-order valence-corrected chi connectivity index (χ3v) is 4.61. The van der Waals surface area contributed by atoms with E-state index in [0.717, 1.165) is 37.6 Å². The van der Waals surface area contributed by atoms with Crippen molar-refractivity contribution in [2.24, 2.45) is 17.8 Å². The van der Waals surface area contributed by atoms with Crippen LogP contribution in [0.1, 0.15) is 46.5 Å². The van der Waals surface area contributed by atoms with Crippen LogP contribution in [0.15, 0.2) is 0 Å². The Morgan fingerprint density at radius 2 is 2.12 bits per heavy atom. The Morgan fingerprint density at radius 3 is 2.65 bits per heavy atom. The van der Waals surface area contributed by atoms with Crippen LogP contribution in [0.5, 0.6) is 0 Å². The molecular weight excluding hydrogens is 230 g/mol. The SMILES string of the molecule is CCC1CCC(=O)N(CC(CS)C(C)C)CC1. The number of nitrogens with zero attached hydrogens (tertiary/aromatic N) is 1. The zero-order valence-corrected chi connectivity index (χ0v) is 12.4. The van der Waals surface area contributed by atoms with Crippen LogP contribution in [0.3, 0.4) is 0 Å². The summed E-state index contributed by atoms with van der Waals surface area (Å²) < 4.78 is 0. The molecular formula is C14H27NOS. The summed E-state index contributed by atoms with van der Waals surface area (Å²) >= 11 is 4.41. The lowest BCUT2D eigenvalue weighted by atomic mass is 9.97. The standard InChI is InChI=1S/C14H27NOS/c1-4-12-5-6-14(16)15(8-7-12)9-13(10-17)11(2)3/h11-13,17H,4-10H2,1-3H3. The second-order valence-electron chi connectivity index (χ2n) is 5.63. The van der Waals surface area contributed by atoms with Gasteiger partial charge in [-0.15, -0.1) is 0 Å². The number of carbonyl (C=O) groups excluding carboxylic acids is 1. The summed E-state index contributed by atoms with van der Waals surface area (Å²) in [6.07, 6.45) is 4.22. The quantitative estimate of drug-likeness (QED) is 0.750. The first-order valence-electron chi connectivity index (χ1n) is 6.97. The average Bonchev–Trinajstić information content (AvgIpc) is 2.48. The van der Waals surface area contributed by atoms with Crippen molar-refractivity contribution in [2.75, 3.05) is 18.8 Å². The lowest BCUT2D eigenvalue weighted by Gasteiger charge is -2.28. The minimum absolute atomic E-state index is 0.355. The van der Waals surface area contributed by atoms with Gasteiger partial charge in [0.1, 0.15) is 0 Å². The number of amides is 1. The molecule has 2 nitrogen and oxygen atoms in total. The Balaban J connectivity index is 2.54. The monoisotopic (exact) mass is 257 g/mol. The molecule has 0 aromatic rings. The summed E-state index contributed by atoms with van der Waals surface area (Å²) in [5.74, 6) is 3.11. The van der Waals surface area contributed by atoms with Crippen LogP contribution in [0.2, 0.25) is 0 Å². The van der Waals surface area contributed by atoms with Crippen LogP contribution in [0, 0.1) is 17.8 Å². The van der Waals surface area contributed by atoms with Crippen LogP contribution < -0.4 is 0 Å². The zero-order valence-electron chi connectivity index (χ0n) is 11.5. The fourth-order valence-electron chi connectivity index (χ4n) is 2.46. The van der Waals surface area contributed by atoms with Crippen molar-refractivity contribution in [3.05, 3.63) is 0 Å². The van der Waals surface area contributed by atoms with Crippen molar-refractivity contribution in [3.63, 3.8) is 0 Å². The molecule has 0 N–H and O–H groups in total. The van der Waals surface area contributed by atoms with Crippen LogP contribution in [-0.4, -0.2) is 29.6 Å². The maximum atomic E-state index is 12.1. The summed E-state index contributed by atoms with van der Waals surface area (Å²) in [5, 5.41) is 0. The first-order chi connectivity index (χ1) is 8.08.